The molecule has 12 heavy (non-hydrogen) atoms. The topological polar surface area (TPSA) is 15.8 Å². The number of benzene rings is 1. The van der Waals surface area contributed by atoms with E-state index in [1.165, 1.54) is 11.3 Å². The molecule has 0 saturated carbocycles. The Morgan fingerprint density at radius 1 is 1.50 bits per heavy atom. The van der Waals surface area contributed by atoms with Crippen molar-refractivity contribution >= 4 is 61.3 Å². The number of hydrogen-bond donors (Lipinski definition) is 1. The Morgan fingerprint density at radius 3 is 3.00 bits per heavy atom. The molecule has 1 aromatic carbocycles. The van der Waals surface area contributed by atoms with Crippen LogP contribution in [0.5, 0.6) is 0 Å². The van der Waals surface area contributed by atoms with Crippen LogP contribution in [0.25, 0.3) is 10.2 Å². The summed E-state index contributed by atoms with van der Waals surface area (Å²) in [6.45, 7) is 0. The molecule has 1 nitrogen and oxygen atoms in total. The number of nitrogens with one attached hydrogen (secondary N) is 1. The number of thiazole rings is 1. The summed E-state index contributed by atoms with van der Waals surface area (Å²) < 4.78 is 2.76. The third-order valence-corrected chi connectivity index (χ3v) is 3.86. The van der Waals surface area contributed by atoms with Gasteiger partial charge in [-0.2, -0.15) is 0 Å². The van der Waals surface area contributed by atoms with Crippen LogP contribution in [-0.2, 0) is 0 Å². The molecule has 0 spiro atoms. The minimum Gasteiger partial charge on any atom is -0.337 e. The van der Waals surface area contributed by atoms with Crippen molar-refractivity contribution in [2.75, 3.05) is 0 Å². The van der Waals surface area contributed by atoms with Crippen LogP contribution >= 0.6 is 51.1 Å². The van der Waals surface area contributed by atoms with Gasteiger partial charge in [0, 0.05) is 4.47 Å². The Labute approximate surface area is 91.5 Å². The first-order valence-corrected chi connectivity index (χ1v) is 5.54. The standard InChI is InChI=1S/C7H3BrClNS2/c8-3-1-5-6(2-4(3)9)12-7(11)10-5/h1-2H,(H,10,11). The van der Waals surface area contributed by atoms with E-state index in [1.54, 1.807) is 0 Å². The van der Waals surface area contributed by atoms with Gasteiger partial charge in [0.15, 0.2) is 3.95 Å². The van der Waals surface area contributed by atoms with E-state index in [0.717, 1.165) is 18.6 Å². The van der Waals surface area contributed by atoms with Gasteiger partial charge in [-0.25, -0.2) is 0 Å². The molecule has 0 bridgehead atoms. The predicted molar refractivity (Wildman–Crippen MR) is 59.7 cm³/mol. The Bertz CT molecular complexity index is 446. The maximum Gasteiger partial charge on any atom is 0.159 e. The Hall–Kier alpha value is 0.1000. The third kappa shape index (κ3) is 1.44. The van der Waals surface area contributed by atoms with E-state index >= 15 is 0 Å². The van der Waals surface area contributed by atoms with Gasteiger partial charge in [-0.15, -0.1) is 11.3 Å². The van der Waals surface area contributed by atoms with Crippen LogP contribution in [0.3, 0.4) is 0 Å². The number of hydrogen-bond acceptors (Lipinski definition) is 2. The smallest absolute Gasteiger partial charge is 0.159 e. The van der Waals surface area contributed by atoms with Crippen LogP contribution in [0.15, 0.2) is 16.6 Å². The molecule has 1 aromatic heterocycles. The summed E-state index contributed by atoms with van der Waals surface area (Å²) in [5, 5.41) is 0.716. The molecule has 62 valence electrons. The zero-order chi connectivity index (χ0) is 8.72. The lowest BCUT2D eigenvalue weighted by Crippen LogP contribution is -1.70. The zero-order valence-corrected chi connectivity index (χ0v) is 9.70. The molecule has 0 aliphatic carbocycles. The fourth-order valence-electron chi connectivity index (χ4n) is 0.946. The maximum absolute atomic E-state index is 5.91. The minimum atomic E-state index is 0.716. The molecule has 1 N–H and O–H groups in total. The summed E-state index contributed by atoms with van der Waals surface area (Å²) >= 11 is 15.8. The highest BCUT2D eigenvalue weighted by molar-refractivity contribution is 9.10. The first-order valence-electron chi connectivity index (χ1n) is 3.15. The van der Waals surface area contributed by atoms with Gasteiger partial charge >= 0.3 is 0 Å². The van der Waals surface area contributed by atoms with E-state index < -0.39 is 0 Å². The lowest BCUT2D eigenvalue weighted by Gasteiger charge is -1.93. The van der Waals surface area contributed by atoms with Crippen LogP contribution < -0.4 is 0 Å². The molecule has 0 aliphatic rings. The van der Waals surface area contributed by atoms with Gasteiger partial charge in [-0.05, 0) is 40.3 Å². The number of halogens is 2. The Morgan fingerprint density at radius 2 is 2.25 bits per heavy atom. The van der Waals surface area contributed by atoms with E-state index in [-0.39, 0.29) is 0 Å². The Kier molecular flexibility index (Phi) is 2.25. The van der Waals surface area contributed by atoms with Gasteiger partial charge in [-0.3, -0.25) is 0 Å². The monoisotopic (exact) mass is 279 g/mol. The van der Waals surface area contributed by atoms with E-state index in [1.807, 2.05) is 12.1 Å². The molecule has 0 unspecified atom stereocenters. The molecular formula is C7H3BrClNS2. The number of H-pyrrole nitrogens is 1. The van der Waals surface area contributed by atoms with E-state index in [4.69, 9.17) is 23.8 Å². The number of rotatable bonds is 0. The number of fused-ring (bicyclic) bond motifs is 1. The lowest BCUT2D eigenvalue weighted by atomic mass is 10.3. The van der Waals surface area contributed by atoms with Gasteiger partial charge in [0.25, 0.3) is 0 Å². The molecule has 2 aromatic rings. The van der Waals surface area contributed by atoms with Crippen molar-refractivity contribution in [2.24, 2.45) is 0 Å². The second-order valence-electron chi connectivity index (χ2n) is 2.28. The largest absolute Gasteiger partial charge is 0.337 e. The first-order chi connectivity index (χ1) is 5.66. The van der Waals surface area contributed by atoms with Crippen LogP contribution in [0, 0.1) is 3.95 Å². The average molecular weight is 281 g/mol. The van der Waals surface area contributed by atoms with Gasteiger partial charge in [0.1, 0.15) is 0 Å². The molecular weight excluding hydrogens is 278 g/mol. The molecule has 0 saturated heterocycles. The van der Waals surface area contributed by atoms with Crippen molar-refractivity contribution in [3.05, 3.63) is 25.6 Å². The molecule has 0 aliphatic heterocycles. The highest BCUT2D eigenvalue weighted by atomic mass is 79.9. The summed E-state index contributed by atoms with van der Waals surface area (Å²) in [6.07, 6.45) is 0. The second-order valence-corrected chi connectivity index (χ2v) is 5.26. The maximum atomic E-state index is 5.91. The van der Waals surface area contributed by atoms with Crippen molar-refractivity contribution < 1.29 is 0 Å². The minimum absolute atomic E-state index is 0.716. The molecule has 2 rings (SSSR count). The fraction of sp³-hybridized carbons (Fsp3) is 0. The molecule has 0 fully saturated rings. The Balaban J connectivity index is 2.92. The third-order valence-electron chi connectivity index (χ3n) is 1.46. The van der Waals surface area contributed by atoms with E-state index in [9.17, 15) is 0 Å². The highest BCUT2D eigenvalue weighted by Crippen LogP contribution is 2.29. The quantitative estimate of drug-likeness (QED) is 0.708. The van der Waals surface area contributed by atoms with Gasteiger partial charge in [-0.1, -0.05) is 11.6 Å². The fourth-order valence-corrected chi connectivity index (χ4v) is 2.65. The summed E-state index contributed by atoms with van der Waals surface area (Å²) in [5.74, 6) is 0. The van der Waals surface area contributed by atoms with Gasteiger partial charge < -0.3 is 4.98 Å². The van der Waals surface area contributed by atoms with Crippen LogP contribution in [0.4, 0.5) is 0 Å². The van der Waals surface area contributed by atoms with Crippen molar-refractivity contribution in [1.82, 2.24) is 4.98 Å². The first kappa shape index (κ1) is 8.69. The van der Waals surface area contributed by atoms with Crippen LogP contribution in [0.1, 0.15) is 0 Å². The van der Waals surface area contributed by atoms with Crippen LogP contribution in [0.2, 0.25) is 5.02 Å². The molecule has 0 atom stereocenters. The molecule has 0 radical (unpaired) electrons. The second kappa shape index (κ2) is 3.10. The summed E-state index contributed by atoms with van der Waals surface area (Å²) in [5.41, 5.74) is 1.03. The van der Waals surface area contributed by atoms with Crippen molar-refractivity contribution in [3.63, 3.8) is 0 Å². The van der Waals surface area contributed by atoms with Gasteiger partial charge in [0.05, 0.1) is 15.2 Å². The summed E-state index contributed by atoms with van der Waals surface area (Å²) in [4.78, 5) is 3.07. The SMILES string of the molecule is S=c1[nH]c2cc(Br)c(Cl)cc2s1. The van der Waals surface area contributed by atoms with Crippen molar-refractivity contribution in [1.29, 1.82) is 0 Å². The molecule has 0 amide bonds. The lowest BCUT2D eigenvalue weighted by molar-refractivity contribution is 1.47. The van der Waals surface area contributed by atoms with E-state index in [2.05, 4.69) is 20.9 Å². The molecule has 5 heteroatoms. The van der Waals surface area contributed by atoms with Gasteiger partial charge in [0.2, 0.25) is 0 Å². The van der Waals surface area contributed by atoms with Crippen molar-refractivity contribution in [2.45, 2.75) is 0 Å². The predicted octanol–water partition coefficient (Wildman–Crippen LogP) is 4.37. The summed E-state index contributed by atoms with van der Waals surface area (Å²) in [7, 11) is 0. The van der Waals surface area contributed by atoms with Crippen LogP contribution in [-0.4, -0.2) is 4.98 Å². The molecule has 1 heterocycles. The van der Waals surface area contributed by atoms with Crippen molar-refractivity contribution in [3.8, 4) is 0 Å². The zero-order valence-electron chi connectivity index (χ0n) is 5.73. The highest BCUT2D eigenvalue weighted by Gasteiger charge is 2.01. The number of aromatic amines is 1. The van der Waals surface area contributed by atoms with E-state index in [0.29, 0.717) is 5.02 Å². The number of aromatic nitrogens is 1. The average Bonchev–Trinajstić information content (AvgIpc) is 2.30. The normalized spacial score (nSPS) is 10.8. The summed E-state index contributed by atoms with van der Waals surface area (Å²) in [6, 6.07) is 3.84.